The van der Waals surface area contributed by atoms with Crippen molar-refractivity contribution >= 4 is 46.4 Å². The molecule has 0 unspecified atom stereocenters. The van der Waals surface area contributed by atoms with Crippen molar-refractivity contribution in [2.45, 2.75) is 0 Å². The Morgan fingerprint density at radius 2 is 0.518 bits per heavy atom. The minimum atomic E-state index is -1.12. The Kier molecular flexibility index (Phi) is 8.26. The van der Waals surface area contributed by atoms with Crippen LogP contribution in [0.5, 0.6) is 0 Å². The van der Waals surface area contributed by atoms with E-state index < -0.39 is 46.5 Å². The molecule has 2 aliphatic heterocycles. The molecule has 0 aliphatic carbocycles. The summed E-state index contributed by atoms with van der Waals surface area (Å²) in [5, 5.41) is 0. The quantitative estimate of drug-likeness (QED) is 0.176. The molecule has 2 aliphatic rings. The number of benzene rings is 4. The van der Waals surface area contributed by atoms with Gasteiger partial charge in [-0.05, 0) is 119 Å². The van der Waals surface area contributed by atoms with Crippen molar-refractivity contribution in [3.05, 3.63) is 166 Å². The Bertz CT molecular complexity index is 2640. The summed E-state index contributed by atoms with van der Waals surface area (Å²) >= 11 is 0. The van der Waals surface area contributed by atoms with E-state index in [1.165, 1.54) is 24.3 Å². The molecule has 0 spiro atoms. The van der Waals surface area contributed by atoms with Crippen LogP contribution in [0.3, 0.4) is 0 Å². The molecule has 9 rings (SSSR count). The minimum Gasteiger partial charge on any atom is -0.354 e. The fourth-order valence-electron chi connectivity index (χ4n) is 7.03. The molecule has 2 N–H and O–H groups in total. The number of fused-ring (bicyclic) bond motifs is 8. The highest BCUT2D eigenvalue weighted by Gasteiger charge is 2.21. The minimum absolute atomic E-state index is 0.230. The van der Waals surface area contributed by atoms with Gasteiger partial charge in [0.15, 0.2) is 46.5 Å². The van der Waals surface area contributed by atoms with Gasteiger partial charge in [-0.1, -0.05) is 24.3 Å². The molecule has 274 valence electrons. The van der Waals surface area contributed by atoms with E-state index in [2.05, 4.69) is 9.97 Å². The largest absolute Gasteiger partial charge is 0.354 e. The molecular weight excluding hydrogens is 736 g/mol. The van der Waals surface area contributed by atoms with E-state index in [0.29, 0.717) is 44.3 Å². The molecule has 5 heterocycles. The van der Waals surface area contributed by atoms with Crippen LogP contribution in [0.1, 0.15) is 22.8 Å². The lowest BCUT2D eigenvalue weighted by molar-refractivity contribution is 0.509. The fourth-order valence-corrected chi connectivity index (χ4v) is 7.03. The molecule has 0 fully saturated rings. The van der Waals surface area contributed by atoms with E-state index >= 15 is 0 Å². The lowest BCUT2D eigenvalue weighted by Crippen LogP contribution is -1.92. The first-order valence-corrected chi connectivity index (χ1v) is 17.0. The standard InChI is InChI=1S/C44H22F8N4/c45-25-5-1-21(17-29(25)49)41-33-9-11-35(53-33)42(22-2-6-26(46)30(50)18-22)37-13-15-39(55-37)44(24-4-8-28(48)32(52)20-24)40-16-14-38(56-40)43(36-12-10-34(41)54-36)23-3-7-27(47)31(51)19-23/h1-20,53,56H. The van der Waals surface area contributed by atoms with Gasteiger partial charge in [-0.15, -0.1) is 0 Å². The second kappa shape index (κ2) is 13.3. The Labute approximate surface area is 311 Å². The van der Waals surface area contributed by atoms with Gasteiger partial charge in [0.2, 0.25) is 0 Å². The summed E-state index contributed by atoms with van der Waals surface area (Å²) in [4.78, 5) is 16.3. The van der Waals surface area contributed by atoms with Crippen LogP contribution in [0.25, 0.3) is 90.9 Å². The first-order valence-electron chi connectivity index (χ1n) is 17.0. The van der Waals surface area contributed by atoms with E-state index in [1.807, 2.05) is 0 Å². The van der Waals surface area contributed by atoms with Crippen LogP contribution in [0, 0.1) is 46.5 Å². The lowest BCUT2D eigenvalue weighted by atomic mass is 10.0. The van der Waals surface area contributed by atoms with Crippen LogP contribution in [0.2, 0.25) is 0 Å². The monoisotopic (exact) mass is 758 g/mol. The Hall–Kier alpha value is -7.08. The Morgan fingerprint density at radius 3 is 0.732 bits per heavy atom. The van der Waals surface area contributed by atoms with Gasteiger partial charge >= 0.3 is 0 Å². The SMILES string of the molecule is Fc1ccc(-c2c3nc(c(-c4ccc(F)c(F)c4)c4ccc([nH]4)c(-c4ccc(F)c(F)c4)c4nc(c(-c5ccc(F)c(F)c5)c5ccc2[nH]5)C=C4)C=C3)cc1F. The fraction of sp³-hybridized carbons (Fsp3) is 0. The molecule has 0 radical (unpaired) electrons. The maximum atomic E-state index is 14.8. The normalized spacial score (nSPS) is 12.1. The summed E-state index contributed by atoms with van der Waals surface area (Å²) in [5.41, 5.74) is 4.74. The third-order valence-corrected chi connectivity index (χ3v) is 9.59. The van der Waals surface area contributed by atoms with Crippen LogP contribution < -0.4 is 0 Å². The summed E-state index contributed by atoms with van der Waals surface area (Å²) in [6.45, 7) is 0. The van der Waals surface area contributed by atoms with Crippen molar-refractivity contribution in [1.29, 1.82) is 0 Å². The van der Waals surface area contributed by atoms with Gasteiger partial charge in [-0.2, -0.15) is 0 Å². The van der Waals surface area contributed by atoms with Gasteiger partial charge in [0.05, 0.1) is 22.8 Å². The number of aromatic amines is 2. The van der Waals surface area contributed by atoms with E-state index in [9.17, 15) is 35.1 Å². The molecule has 12 heteroatoms. The maximum absolute atomic E-state index is 14.8. The highest BCUT2D eigenvalue weighted by Crippen LogP contribution is 2.39. The van der Waals surface area contributed by atoms with Crippen LogP contribution in [0.4, 0.5) is 35.1 Å². The molecule has 8 bridgehead atoms. The van der Waals surface area contributed by atoms with Crippen molar-refractivity contribution in [3.8, 4) is 44.5 Å². The molecule has 7 aromatic rings. The molecule has 0 amide bonds. The topological polar surface area (TPSA) is 57.4 Å². The van der Waals surface area contributed by atoms with Crippen LogP contribution in [-0.2, 0) is 0 Å². The smallest absolute Gasteiger partial charge is 0.159 e. The summed E-state index contributed by atoms with van der Waals surface area (Å²) in [5.74, 6) is -8.78. The van der Waals surface area contributed by atoms with E-state index in [1.54, 1.807) is 48.6 Å². The number of aromatic nitrogens is 4. The predicted octanol–water partition coefficient (Wildman–Crippen LogP) is 12.4. The lowest BCUT2D eigenvalue weighted by Gasteiger charge is -2.08. The number of nitrogens with zero attached hydrogens (tertiary/aromatic N) is 2. The first-order chi connectivity index (χ1) is 27.0. The van der Waals surface area contributed by atoms with Crippen molar-refractivity contribution in [2.24, 2.45) is 0 Å². The zero-order valence-corrected chi connectivity index (χ0v) is 28.5. The van der Waals surface area contributed by atoms with Gasteiger partial charge in [0.1, 0.15) is 0 Å². The molecule has 3 aromatic heterocycles. The van der Waals surface area contributed by atoms with E-state index in [4.69, 9.17) is 9.97 Å². The Balaban J connectivity index is 1.48. The summed E-state index contributed by atoms with van der Waals surface area (Å²) < 4.78 is 116. The summed E-state index contributed by atoms with van der Waals surface area (Å²) in [6, 6.07) is 20.0. The second-order valence-corrected chi connectivity index (χ2v) is 13.0. The van der Waals surface area contributed by atoms with Gasteiger partial charge in [0, 0.05) is 44.3 Å². The molecule has 4 nitrogen and oxygen atoms in total. The van der Waals surface area contributed by atoms with Crippen LogP contribution >= 0.6 is 0 Å². The first kappa shape index (κ1) is 34.7. The molecule has 56 heavy (non-hydrogen) atoms. The van der Waals surface area contributed by atoms with Crippen molar-refractivity contribution in [1.82, 2.24) is 19.9 Å². The van der Waals surface area contributed by atoms with E-state index in [0.717, 1.165) is 48.5 Å². The van der Waals surface area contributed by atoms with Gasteiger partial charge < -0.3 is 9.97 Å². The number of rotatable bonds is 4. The Morgan fingerprint density at radius 1 is 0.286 bits per heavy atom. The van der Waals surface area contributed by atoms with Gasteiger partial charge in [-0.3, -0.25) is 0 Å². The van der Waals surface area contributed by atoms with Crippen LogP contribution in [0.15, 0.2) is 97.1 Å². The third-order valence-electron chi connectivity index (χ3n) is 9.59. The average molecular weight is 759 g/mol. The maximum Gasteiger partial charge on any atom is 0.159 e. The van der Waals surface area contributed by atoms with Crippen molar-refractivity contribution in [3.63, 3.8) is 0 Å². The number of halogens is 8. The van der Waals surface area contributed by atoms with E-state index in [-0.39, 0.29) is 45.0 Å². The zero-order chi connectivity index (χ0) is 38.8. The van der Waals surface area contributed by atoms with Crippen molar-refractivity contribution < 1.29 is 35.1 Å². The molecule has 0 saturated carbocycles. The van der Waals surface area contributed by atoms with Crippen LogP contribution in [-0.4, -0.2) is 19.9 Å². The predicted molar refractivity (Wildman–Crippen MR) is 200 cm³/mol. The average Bonchev–Trinajstić information content (AvgIpc) is 4.02. The third kappa shape index (κ3) is 5.95. The molecule has 0 atom stereocenters. The summed E-state index contributed by atoms with van der Waals surface area (Å²) in [7, 11) is 0. The number of hydrogen-bond donors (Lipinski definition) is 2. The van der Waals surface area contributed by atoms with Crippen molar-refractivity contribution in [2.75, 3.05) is 0 Å². The highest BCUT2D eigenvalue weighted by atomic mass is 19.2. The molecule has 4 aromatic carbocycles. The van der Waals surface area contributed by atoms with Gasteiger partial charge in [0.25, 0.3) is 0 Å². The molecular formula is C44H22F8N4. The summed E-state index contributed by atoms with van der Waals surface area (Å²) in [6.07, 6.45) is 6.49. The zero-order valence-electron chi connectivity index (χ0n) is 28.5. The number of H-pyrrole nitrogens is 2. The second-order valence-electron chi connectivity index (χ2n) is 13.0. The molecule has 0 saturated heterocycles. The number of hydrogen-bond acceptors (Lipinski definition) is 2. The van der Waals surface area contributed by atoms with Gasteiger partial charge in [-0.25, -0.2) is 45.1 Å². The number of nitrogens with one attached hydrogen (secondary N) is 2. The highest BCUT2D eigenvalue weighted by molar-refractivity contribution is 5.99.